The maximum atomic E-state index is 11.6. The quantitative estimate of drug-likeness (QED) is 0.480. The van der Waals surface area contributed by atoms with Crippen LogP contribution in [0.2, 0.25) is 0 Å². The molecule has 0 saturated heterocycles. The molecule has 0 radical (unpaired) electrons. The van der Waals surface area contributed by atoms with Crippen molar-refractivity contribution in [3.05, 3.63) is 77.9 Å². The summed E-state index contributed by atoms with van der Waals surface area (Å²) in [6.45, 7) is 8.25. The summed E-state index contributed by atoms with van der Waals surface area (Å²) in [6, 6.07) is 15.2. The van der Waals surface area contributed by atoms with Crippen LogP contribution in [0.3, 0.4) is 0 Å². The van der Waals surface area contributed by atoms with E-state index >= 15 is 0 Å². The third-order valence-electron chi connectivity index (χ3n) is 3.54. The van der Waals surface area contributed by atoms with Gasteiger partial charge in [-0.25, -0.2) is 4.79 Å². The van der Waals surface area contributed by atoms with Crippen molar-refractivity contribution in [3.8, 4) is 11.5 Å². The maximum absolute atomic E-state index is 11.6. The van der Waals surface area contributed by atoms with E-state index in [2.05, 4.69) is 6.58 Å². The van der Waals surface area contributed by atoms with E-state index in [-0.39, 0.29) is 13.2 Å². The number of carbonyl (C=O) groups is 1. The highest BCUT2D eigenvalue weighted by Crippen LogP contribution is 2.17. The first kappa shape index (κ1) is 19.3. The van der Waals surface area contributed by atoms with Crippen LogP contribution in [0.15, 0.2) is 66.8 Å². The smallest absolute Gasteiger partial charge is 0.344 e. The molecule has 0 fully saturated rings. The van der Waals surface area contributed by atoms with Gasteiger partial charge in [-0.1, -0.05) is 42.5 Å². The Labute approximate surface area is 154 Å². The Kier molecular flexibility index (Phi) is 7.49. The predicted molar refractivity (Wildman–Crippen MR) is 103 cm³/mol. The molecule has 0 amide bonds. The lowest BCUT2D eigenvalue weighted by Crippen LogP contribution is -2.15. The average molecular weight is 352 g/mol. The summed E-state index contributed by atoms with van der Waals surface area (Å²) in [5.74, 6) is 1.02. The van der Waals surface area contributed by atoms with E-state index in [0.29, 0.717) is 12.4 Å². The van der Waals surface area contributed by atoms with Crippen molar-refractivity contribution in [2.75, 3.05) is 13.2 Å². The van der Waals surface area contributed by atoms with Gasteiger partial charge < -0.3 is 14.2 Å². The third-order valence-corrected chi connectivity index (χ3v) is 3.54. The molecule has 0 aromatic heterocycles. The van der Waals surface area contributed by atoms with Crippen LogP contribution in [0.4, 0.5) is 0 Å². The van der Waals surface area contributed by atoms with Gasteiger partial charge in [-0.05, 0) is 55.3 Å². The molecule has 136 valence electrons. The van der Waals surface area contributed by atoms with Crippen LogP contribution in [0.5, 0.6) is 11.5 Å². The van der Waals surface area contributed by atoms with Gasteiger partial charge in [0.1, 0.15) is 24.7 Å². The number of benzene rings is 2. The molecule has 4 nitrogen and oxygen atoms in total. The molecule has 0 saturated carbocycles. The van der Waals surface area contributed by atoms with E-state index in [9.17, 15) is 4.79 Å². The number of rotatable bonds is 9. The Bertz CT molecular complexity index is 739. The summed E-state index contributed by atoms with van der Waals surface area (Å²) < 4.78 is 16.2. The fourth-order valence-electron chi connectivity index (χ4n) is 2.03. The van der Waals surface area contributed by atoms with Gasteiger partial charge in [-0.3, -0.25) is 0 Å². The van der Waals surface area contributed by atoms with E-state index in [4.69, 9.17) is 14.2 Å². The lowest BCUT2D eigenvalue weighted by Gasteiger charge is -2.09. The molecule has 0 heterocycles. The lowest BCUT2D eigenvalue weighted by atomic mass is 10.2. The van der Waals surface area contributed by atoms with Crippen molar-refractivity contribution in [3.63, 3.8) is 0 Å². The van der Waals surface area contributed by atoms with Crippen LogP contribution in [-0.2, 0) is 16.1 Å². The minimum atomic E-state index is -0.391. The number of carbonyl (C=O) groups excluding carboxylic acids is 1. The second-order valence-electron chi connectivity index (χ2n) is 5.96. The van der Waals surface area contributed by atoms with Gasteiger partial charge in [0.05, 0.1) is 0 Å². The third kappa shape index (κ3) is 6.85. The minimum Gasteiger partial charge on any atom is -0.489 e. The van der Waals surface area contributed by atoms with Crippen molar-refractivity contribution in [2.45, 2.75) is 20.5 Å². The highest BCUT2D eigenvalue weighted by molar-refractivity contribution is 5.71. The molecule has 0 N–H and O–H groups in total. The number of ether oxygens (including phenoxy) is 3. The van der Waals surface area contributed by atoms with Crippen LogP contribution < -0.4 is 9.47 Å². The number of hydrogen-bond donors (Lipinski definition) is 0. The van der Waals surface area contributed by atoms with Crippen molar-refractivity contribution in [1.29, 1.82) is 0 Å². The Hall–Kier alpha value is -3.01. The summed E-state index contributed by atoms with van der Waals surface area (Å²) in [7, 11) is 0. The standard InChI is InChI=1S/C22H24O4/c1-4-18-5-9-20(10-6-18)25-15-19-7-11-21(12-8-19)26-16-22(23)24-14-13-17(2)3/h4-13H,1,14-16H2,2-3H3. The Morgan fingerprint density at radius 2 is 1.58 bits per heavy atom. The molecular formula is C22H24O4. The second-order valence-corrected chi connectivity index (χ2v) is 5.96. The van der Waals surface area contributed by atoms with Gasteiger partial charge in [0.2, 0.25) is 0 Å². The molecular weight excluding hydrogens is 328 g/mol. The van der Waals surface area contributed by atoms with Gasteiger partial charge >= 0.3 is 5.97 Å². The van der Waals surface area contributed by atoms with Gasteiger partial charge in [-0.2, -0.15) is 0 Å². The van der Waals surface area contributed by atoms with Crippen molar-refractivity contribution in [1.82, 2.24) is 0 Å². The van der Waals surface area contributed by atoms with E-state index in [1.807, 2.05) is 68.5 Å². The van der Waals surface area contributed by atoms with Crippen LogP contribution in [0.1, 0.15) is 25.0 Å². The fraction of sp³-hybridized carbons (Fsp3) is 0.227. The molecule has 0 spiro atoms. The SMILES string of the molecule is C=Cc1ccc(OCc2ccc(OCC(=O)OCC=C(C)C)cc2)cc1. The Balaban J connectivity index is 1.75. The number of esters is 1. The molecule has 0 aliphatic heterocycles. The summed E-state index contributed by atoms with van der Waals surface area (Å²) >= 11 is 0. The normalized spacial score (nSPS) is 9.92. The number of hydrogen-bond acceptors (Lipinski definition) is 4. The zero-order chi connectivity index (χ0) is 18.8. The molecule has 0 aliphatic rings. The molecule has 2 rings (SSSR count). The van der Waals surface area contributed by atoms with Gasteiger partial charge in [0.25, 0.3) is 0 Å². The van der Waals surface area contributed by atoms with Crippen LogP contribution in [-0.4, -0.2) is 19.2 Å². The fourth-order valence-corrected chi connectivity index (χ4v) is 2.03. The van der Waals surface area contributed by atoms with E-state index in [0.717, 1.165) is 22.4 Å². The van der Waals surface area contributed by atoms with Crippen LogP contribution >= 0.6 is 0 Å². The summed E-state index contributed by atoms with van der Waals surface area (Å²) in [5.41, 5.74) is 3.17. The highest BCUT2D eigenvalue weighted by Gasteiger charge is 2.04. The second kappa shape index (κ2) is 10.1. The van der Waals surface area contributed by atoms with Crippen molar-refractivity contribution < 1.29 is 19.0 Å². The van der Waals surface area contributed by atoms with E-state index in [1.54, 1.807) is 6.08 Å². The molecule has 0 bridgehead atoms. The summed E-state index contributed by atoms with van der Waals surface area (Å²) in [4.78, 5) is 11.6. The Morgan fingerprint density at radius 3 is 2.19 bits per heavy atom. The first-order valence-electron chi connectivity index (χ1n) is 8.43. The zero-order valence-electron chi connectivity index (χ0n) is 15.2. The molecule has 2 aromatic carbocycles. The van der Waals surface area contributed by atoms with Gasteiger partial charge in [0, 0.05) is 0 Å². The lowest BCUT2D eigenvalue weighted by molar-refractivity contribution is -0.144. The monoisotopic (exact) mass is 352 g/mol. The van der Waals surface area contributed by atoms with E-state index in [1.165, 1.54) is 0 Å². The highest BCUT2D eigenvalue weighted by atomic mass is 16.6. The summed E-state index contributed by atoms with van der Waals surface area (Å²) in [6.07, 6.45) is 3.64. The first-order valence-corrected chi connectivity index (χ1v) is 8.43. The van der Waals surface area contributed by atoms with Crippen molar-refractivity contribution in [2.24, 2.45) is 0 Å². The van der Waals surface area contributed by atoms with Crippen LogP contribution in [0, 0.1) is 0 Å². The maximum Gasteiger partial charge on any atom is 0.344 e. The molecule has 4 heteroatoms. The average Bonchev–Trinajstić information content (AvgIpc) is 2.65. The molecule has 2 aromatic rings. The molecule has 0 atom stereocenters. The predicted octanol–water partition coefficient (Wildman–Crippen LogP) is 4.80. The molecule has 0 unspecified atom stereocenters. The zero-order valence-corrected chi connectivity index (χ0v) is 15.2. The molecule has 0 aliphatic carbocycles. The van der Waals surface area contributed by atoms with Gasteiger partial charge in [-0.15, -0.1) is 0 Å². The Morgan fingerprint density at radius 1 is 0.962 bits per heavy atom. The largest absolute Gasteiger partial charge is 0.489 e. The van der Waals surface area contributed by atoms with Gasteiger partial charge in [0.15, 0.2) is 6.61 Å². The first-order chi connectivity index (χ1) is 12.6. The minimum absolute atomic E-state index is 0.109. The van der Waals surface area contributed by atoms with E-state index < -0.39 is 5.97 Å². The summed E-state index contributed by atoms with van der Waals surface area (Å²) in [5, 5.41) is 0. The topological polar surface area (TPSA) is 44.8 Å². The van der Waals surface area contributed by atoms with Crippen LogP contribution in [0.25, 0.3) is 6.08 Å². The molecule has 26 heavy (non-hydrogen) atoms. The van der Waals surface area contributed by atoms with Crippen molar-refractivity contribution >= 4 is 12.0 Å². The number of allylic oxidation sites excluding steroid dienone is 1.